The maximum atomic E-state index is 13.9. The molecule has 0 aliphatic carbocycles. The van der Waals surface area contributed by atoms with E-state index in [4.69, 9.17) is 10.00 Å². The summed E-state index contributed by atoms with van der Waals surface area (Å²) < 4.78 is 19.4. The fourth-order valence-electron chi connectivity index (χ4n) is 1.95. The molecule has 0 unspecified atom stereocenters. The van der Waals surface area contributed by atoms with Gasteiger partial charge in [-0.1, -0.05) is 19.9 Å². The van der Waals surface area contributed by atoms with Crippen molar-refractivity contribution in [1.29, 1.82) is 5.26 Å². The van der Waals surface area contributed by atoms with Gasteiger partial charge in [0.25, 0.3) is 0 Å². The van der Waals surface area contributed by atoms with Crippen LogP contribution in [0.4, 0.5) is 4.39 Å². The summed E-state index contributed by atoms with van der Waals surface area (Å²) in [5, 5.41) is 15.1. The Hall–Kier alpha value is -1.40. The van der Waals surface area contributed by atoms with Crippen molar-refractivity contribution in [2.45, 2.75) is 33.7 Å². The molecule has 0 bridgehead atoms. The zero-order valence-electron chi connectivity index (χ0n) is 15.1. The van der Waals surface area contributed by atoms with Gasteiger partial charge in [-0.15, -0.1) is 24.0 Å². The van der Waals surface area contributed by atoms with Gasteiger partial charge in [0.15, 0.2) is 5.96 Å². The molecule has 0 heterocycles. The van der Waals surface area contributed by atoms with E-state index in [1.807, 2.05) is 13.0 Å². The van der Waals surface area contributed by atoms with Crippen molar-refractivity contribution in [2.24, 2.45) is 10.9 Å². The third-order valence-corrected chi connectivity index (χ3v) is 3.14. The minimum Gasteiger partial charge on any atom is -0.381 e. The molecule has 1 aromatic rings. The van der Waals surface area contributed by atoms with E-state index in [2.05, 4.69) is 29.5 Å². The van der Waals surface area contributed by atoms with Crippen LogP contribution in [0.5, 0.6) is 0 Å². The highest BCUT2D eigenvalue weighted by Gasteiger charge is 2.04. The molecule has 7 heteroatoms. The van der Waals surface area contributed by atoms with Crippen LogP contribution in [0, 0.1) is 23.1 Å². The molecular weight excluding hydrogens is 434 g/mol. The summed E-state index contributed by atoms with van der Waals surface area (Å²) in [5.74, 6) is 0.778. The van der Waals surface area contributed by atoms with Gasteiger partial charge in [-0.05, 0) is 31.4 Å². The van der Waals surface area contributed by atoms with Crippen LogP contribution in [-0.2, 0) is 11.3 Å². The molecule has 0 aliphatic rings. The molecule has 0 aromatic heterocycles. The topological polar surface area (TPSA) is 69.4 Å². The zero-order chi connectivity index (χ0) is 17.8. The molecule has 0 amide bonds. The van der Waals surface area contributed by atoms with Crippen LogP contribution in [0.1, 0.15) is 38.3 Å². The Kier molecular flexibility index (Phi) is 13.1. The van der Waals surface area contributed by atoms with Gasteiger partial charge in [-0.25, -0.2) is 9.38 Å². The van der Waals surface area contributed by atoms with Crippen molar-refractivity contribution < 1.29 is 9.13 Å². The Morgan fingerprint density at radius 3 is 2.72 bits per heavy atom. The number of aliphatic imine (C=N–C) groups is 1. The highest BCUT2D eigenvalue weighted by Crippen LogP contribution is 2.10. The average molecular weight is 462 g/mol. The highest BCUT2D eigenvalue weighted by molar-refractivity contribution is 14.0. The van der Waals surface area contributed by atoms with Crippen molar-refractivity contribution in [3.8, 4) is 6.07 Å². The van der Waals surface area contributed by atoms with Crippen LogP contribution in [0.25, 0.3) is 0 Å². The van der Waals surface area contributed by atoms with E-state index >= 15 is 0 Å². The second-order valence-corrected chi connectivity index (χ2v) is 5.86. The van der Waals surface area contributed by atoms with E-state index in [-0.39, 0.29) is 30.5 Å². The summed E-state index contributed by atoms with van der Waals surface area (Å²) in [5.41, 5.74) is 0.776. The fraction of sp³-hybridized carbons (Fsp3) is 0.556. The Balaban J connectivity index is 0.00000576. The number of hydrogen-bond donors (Lipinski definition) is 2. The van der Waals surface area contributed by atoms with E-state index in [9.17, 15) is 4.39 Å². The number of rotatable bonds is 9. The second kappa shape index (κ2) is 13.8. The Bertz CT molecular complexity index is 573. The van der Waals surface area contributed by atoms with E-state index < -0.39 is 5.82 Å². The van der Waals surface area contributed by atoms with Gasteiger partial charge in [0.2, 0.25) is 0 Å². The van der Waals surface area contributed by atoms with E-state index in [1.54, 1.807) is 12.1 Å². The first-order valence-electron chi connectivity index (χ1n) is 8.35. The maximum Gasteiger partial charge on any atom is 0.191 e. The van der Waals surface area contributed by atoms with Crippen molar-refractivity contribution >= 4 is 29.9 Å². The van der Waals surface area contributed by atoms with E-state index in [1.165, 1.54) is 6.07 Å². The number of benzene rings is 1. The number of nitrogens with one attached hydrogen (secondary N) is 2. The van der Waals surface area contributed by atoms with Gasteiger partial charge in [-0.2, -0.15) is 5.26 Å². The molecule has 0 saturated carbocycles. The summed E-state index contributed by atoms with van der Waals surface area (Å²) in [7, 11) is 0. The minimum absolute atomic E-state index is 0. The smallest absolute Gasteiger partial charge is 0.191 e. The lowest BCUT2D eigenvalue weighted by Crippen LogP contribution is -2.38. The van der Waals surface area contributed by atoms with Crippen LogP contribution in [0.3, 0.4) is 0 Å². The van der Waals surface area contributed by atoms with Crippen LogP contribution in [-0.4, -0.2) is 32.3 Å². The highest BCUT2D eigenvalue weighted by atomic mass is 127. The summed E-state index contributed by atoms with van der Waals surface area (Å²) >= 11 is 0. The minimum atomic E-state index is -0.407. The van der Waals surface area contributed by atoms with Gasteiger partial charge < -0.3 is 15.4 Å². The molecule has 0 saturated heterocycles. The van der Waals surface area contributed by atoms with Crippen LogP contribution in [0.2, 0.25) is 0 Å². The quantitative estimate of drug-likeness (QED) is 0.255. The monoisotopic (exact) mass is 462 g/mol. The van der Waals surface area contributed by atoms with Crippen LogP contribution < -0.4 is 10.6 Å². The fourth-order valence-corrected chi connectivity index (χ4v) is 1.95. The average Bonchev–Trinajstić information content (AvgIpc) is 2.56. The lowest BCUT2D eigenvalue weighted by molar-refractivity contribution is 0.108. The first-order valence-corrected chi connectivity index (χ1v) is 8.35. The predicted molar refractivity (Wildman–Crippen MR) is 110 cm³/mol. The van der Waals surface area contributed by atoms with E-state index in [0.717, 1.165) is 26.1 Å². The first kappa shape index (κ1) is 23.6. The summed E-state index contributed by atoms with van der Waals surface area (Å²) in [6.07, 6.45) is 0.877. The van der Waals surface area contributed by atoms with Crippen molar-refractivity contribution in [3.63, 3.8) is 0 Å². The SMILES string of the molecule is CCNC(=NCc1ccc(C#N)cc1F)NCCCOCC(C)C.I. The molecule has 25 heavy (non-hydrogen) atoms. The van der Waals surface area contributed by atoms with E-state index in [0.29, 0.717) is 29.6 Å². The van der Waals surface area contributed by atoms with Gasteiger partial charge in [-0.3, -0.25) is 0 Å². The molecule has 0 aliphatic heterocycles. The van der Waals surface area contributed by atoms with Gasteiger partial charge in [0.1, 0.15) is 5.82 Å². The summed E-state index contributed by atoms with van der Waals surface area (Å²) in [6, 6.07) is 6.35. The molecular formula is C18H28FIN4O. The number of nitrogens with zero attached hydrogens (tertiary/aromatic N) is 2. The molecule has 5 nitrogen and oxygen atoms in total. The second-order valence-electron chi connectivity index (χ2n) is 5.86. The predicted octanol–water partition coefficient (Wildman–Crippen LogP) is 3.43. The molecule has 0 radical (unpaired) electrons. The number of hydrogen-bond acceptors (Lipinski definition) is 3. The number of nitriles is 1. The van der Waals surface area contributed by atoms with Gasteiger partial charge in [0.05, 0.1) is 18.2 Å². The molecule has 1 aromatic carbocycles. The van der Waals surface area contributed by atoms with Crippen molar-refractivity contribution in [1.82, 2.24) is 10.6 Å². The summed E-state index contributed by atoms with van der Waals surface area (Å²) in [6.45, 7) is 9.38. The Morgan fingerprint density at radius 2 is 2.12 bits per heavy atom. The normalized spacial score (nSPS) is 11.0. The number of ether oxygens (including phenoxy) is 1. The summed E-state index contributed by atoms with van der Waals surface area (Å²) in [4.78, 5) is 4.38. The molecule has 140 valence electrons. The third-order valence-electron chi connectivity index (χ3n) is 3.14. The largest absolute Gasteiger partial charge is 0.381 e. The van der Waals surface area contributed by atoms with Crippen molar-refractivity contribution in [3.05, 3.63) is 35.1 Å². The van der Waals surface area contributed by atoms with Gasteiger partial charge in [0, 0.05) is 31.9 Å². The maximum absolute atomic E-state index is 13.9. The van der Waals surface area contributed by atoms with Gasteiger partial charge >= 0.3 is 0 Å². The van der Waals surface area contributed by atoms with Crippen LogP contribution >= 0.6 is 24.0 Å². The van der Waals surface area contributed by atoms with Crippen LogP contribution in [0.15, 0.2) is 23.2 Å². The lowest BCUT2D eigenvalue weighted by Gasteiger charge is -2.12. The molecule has 1 rings (SSSR count). The number of halogens is 2. The first-order chi connectivity index (χ1) is 11.6. The van der Waals surface area contributed by atoms with Crippen molar-refractivity contribution in [2.75, 3.05) is 26.3 Å². The molecule has 0 spiro atoms. The standard InChI is InChI=1S/C18H27FN4O.HI/c1-4-21-18(22-8-5-9-24-13-14(2)3)23-12-16-7-6-15(11-20)10-17(16)19;/h6-7,10,14H,4-5,8-9,12-13H2,1-3H3,(H2,21,22,23);1H. The third kappa shape index (κ3) is 10.2. The molecule has 2 N–H and O–H groups in total. The molecule has 0 fully saturated rings. The Labute approximate surface area is 167 Å². The molecule has 0 atom stereocenters. The lowest BCUT2D eigenvalue weighted by atomic mass is 10.1. The number of guanidine groups is 1. The zero-order valence-corrected chi connectivity index (χ0v) is 17.5. The Morgan fingerprint density at radius 1 is 1.36 bits per heavy atom.